The highest BCUT2D eigenvalue weighted by molar-refractivity contribution is 14.1. The van der Waals surface area contributed by atoms with Crippen molar-refractivity contribution < 1.29 is 4.74 Å². The Bertz CT molecular complexity index is 909. The molecule has 23 heavy (non-hydrogen) atoms. The number of rotatable bonds is 3. The molecular formula is C15H15ClIN5O. The second-order valence-electron chi connectivity index (χ2n) is 5.20. The van der Waals surface area contributed by atoms with Crippen LogP contribution in [0.4, 0.5) is 5.95 Å². The van der Waals surface area contributed by atoms with Crippen LogP contribution in [0.3, 0.4) is 0 Å². The molecule has 3 aromatic rings. The predicted molar refractivity (Wildman–Crippen MR) is 99.0 cm³/mol. The summed E-state index contributed by atoms with van der Waals surface area (Å²) in [5.41, 5.74) is 9.43. The Morgan fingerprint density at radius 3 is 2.78 bits per heavy atom. The van der Waals surface area contributed by atoms with E-state index in [9.17, 15) is 0 Å². The van der Waals surface area contributed by atoms with Crippen LogP contribution in [0.15, 0.2) is 12.4 Å². The zero-order valence-electron chi connectivity index (χ0n) is 12.9. The minimum absolute atomic E-state index is 0.162. The van der Waals surface area contributed by atoms with Gasteiger partial charge in [0.15, 0.2) is 0 Å². The number of pyridine rings is 1. The number of nitrogens with two attached hydrogens (primary N) is 1. The fourth-order valence-electron chi connectivity index (χ4n) is 2.63. The van der Waals surface area contributed by atoms with Gasteiger partial charge < -0.3 is 15.0 Å². The third-order valence-electron chi connectivity index (χ3n) is 3.75. The van der Waals surface area contributed by atoms with Crippen molar-refractivity contribution in [3.8, 4) is 5.75 Å². The number of methoxy groups -OCH3 is 1. The van der Waals surface area contributed by atoms with Gasteiger partial charge in [0.1, 0.15) is 16.5 Å². The van der Waals surface area contributed by atoms with E-state index in [0.717, 1.165) is 31.5 Å². The van der Waals surface area contributed by atoms with Gasteiger partial charge in [0, 0.05) is 16.0 Å². The normalized spacial score (nSPS) is 11.2. The van der Waals surface area contributed by atoms with E-state index < -0.39 is 0 Å². The second kappa shape index (κ2) is 6.12. The van der Waals surface area contributed by atoms with E-state index >= 15 is 0 Å². The van der Waals surface area contributed by atoms with Crippen molar-refractivity contribution in [3.63, 3.8) is 0 Å². The van der Waals surface area contributed by atoms with Crippen LogP contribution in [0.2, 0.25) is 5.15 Å². The molecule has 3 rings (SSSR count). The summed E-state index contributed by atoms with van der Waals surface area (Å²) in [7, 11) is 1.66. The van der Waals surface area contributed by atoms with E-state index in [1.807, 2.05) is 30.8 Å². The molecule has 0 aliphatic heterocycles. The molecule has 0 unspecified atom stereocenters. The largest absolute Gasteiger partial charge is 0.495 e. The molecule has 0 aliphatic carbocycles. The summed E-state index contributed by atoms with van der Waals surface area (Å²) >= 11 is 8.42. The van der Waals surface area contributed by atoms with Gasteiger partial charge in [-0.05, 0) is 47.6 Å². The Morgan fingerprint density at radius 1 is 1.35 bits per heavy atom. The van der Waals surface area contributed by atoms with Crippen LogP contribution in [-0.4, -0.2) is 26.6 Å². The molecular weight excluding hydrogens is 429 g/mol. The fraction of sp³-hybridized carbons (Fsp3) is 0.267. The number of nitrogen functional groups attached to an aromatic ring is 1. The quantitative estimate of drug-likeness (QED) is 0.496. The smallest absolute Gasteiger partial charge is 0.223 e. The highest BCUT2D eigenvalue weighted by Gasteiger charge is 2.16. The number of nitrogens with zero attached hydrogens (tertiary/aromatic N) is 4. The summed E-state index contributed by atoms with van der Waals surface area (Å²) in [4.78, 5) is 12.8. The third kappa shape index (κ3) is 2.83. The van der Waals surface area contributed by atoms with Crippen molar-refractivity contribution in [1.82, 2.24) is 19.5 Å². The summed E-state index contributed by atoms with van der Waals surface area (Å²) in [6, 6.07) is 0. The summed E-state index contributed by atoms with van der Waals surface area (Å²) in [6.45, 7) is 4.55. The van der Waals surface area contributed by atoms with E-state index in [-0.39, 0.29) is 5.95 Å². The van der Waals surface area contributed by atoms with Crippen molar-refractivity contribution in [2.75, 3.05) is 12.8 Å². The maximum absolute atomic E-state index is 6.20. The fourth-order valence-corrected chi connectivity index (χ4v) is 3.89. The minimum atomic E-state index is 0.162. The molecule has 8 heteroatoms. The molecule has 0 amide bonds. The molecule has 0 fully saturated rings. The molecule has 0 aliphatic rings. The number of hydrogen-bond donors (Lipinski definition) is 1. The average molecular weight is 444 g/mol. The van der Waals surface area contributed by atoms with Crippen molar-refractivity contribution >= 4 is 51.2 Å². The van der Waals surface area contributed by atoms with Gasteiger partial charge in [0.25, 0.3) is 0 Å². The summed E-state index contributed by atoms with van der Waals surface area (Å²) in [5.74, 6) is 0.968. The zero-order valence-corrected chi connectivity index (χ0v) is 15.8. The third-order valence-corrected chi connectivity index (χ3v) is 4.84. The first kappa shape index (κ1) is 16.3. The second-order valence-corrected chi connectivity index (χ2v) is 6.72. The molecule has 2 N–H and O–H groups in total. The van der Waals surface area contributed by atoms with Crippen LogP contribution in [0.1, 0.15) is 16.8 Å². The Labute approximate surface area is 152 Å². The highest BCUT2D eigenvalue weighted by Crippen LogP contribution is 2.30. The Kier molecular flexibility index (Phi) is 4.33. The van der Waals surface area contributed by atoms with Gasteiger partial charge >= 0.3 is 0 Å². The van der Waals surface area contributed by atoms with E-state index in [4.69, 9.17) is 22.1 Å². The van der Waals surface area contributed by atoms with Crippen LogP contribution in [0, 0.1) is 17.4 Å². The number of anilines is 1. The lowest BCUT2D eigenvalue weighted by atomic mass is 10.1. The number of halogens is 2. The molecule has 6 nitrogen and oxygen atoms in total. The van der Waals surface area contributed by atoms with Gasteiger partial charge in [-0.15, -0.1) is 0 Å². The maximum atomic E-state index is 6.20. The summed E-state index contributed by atoms with van der Waals surface area (Å²) in [5, 5.41) is 1.18. The molecule has 0 spiro atoms. The van der Waals surface area contributed by atoms with Crippen molar-refractivity contribution in [3.05, 3.63) is 37.9 Å². The zero-order chi connectivity index (χ0) is 16.7. The predicted octanol–water partition coefficient (Wildman–Crippen LogP) is 3.34. The minimum Gasteiger partial charge on any atom is -0.495 e. The van der Waals surface area contributed by atoms with Gasteiger partial charge in [-0.2, -0.15) is 4.98 Å². The van der Waals surface area contributed by atoms with Crippen LogP contribution in [0.25, 0.3) is 11.0 Å². The van der Waals surface area contributed by atoms with Gasteiger partial charge in [-0.25, -0.2) is 4.98 Å². The average Bonchev–Trinajstić information content (AvgIpc) is 2.79. The van der Waals surface area contributed by atoms with Crippen LogP contribution in [-0.2, 0) is 6.54 Å². The first-order chi connectivity index (χ1) is 10.9. The van der Waals surface area contributed by atoms with E-state index in [1.54, 1.807) is 7.11 Å². The lowest BCUT2D eigenvalue weighted by Gasteiger charge is -2.13. The monoisotopic (exact) mass is 443 g/mol. The van der Waals surface area contributed by atoms with Crippen LogP contribution >= 0.6 is 34.2 Å². The number of aromatic nitrogens is 4. The van der Waals surface area contributed by atoms with Gasteiger partial charge in [-0.3, -0.25) is 4.98 Å². The molecule has 3 heterocycles. The topological polar surface area (TPSA) is 78.8 Å². The Morgan fingerprint density at radius 2 is 2.09 bits per heavy atom. The summed E-state index contributed by atoms with van der Waals surface area (Å²) in [6.07, 6.45) is 3.84. The molecule has 0 aromatic carbocycles. The Hall–Kier alpha value is -1.61. The van der Waals surface area contributed by atoms with Gasteiger partial charge in [-0.1, -0.05) is 11.6 Å². The highest BCUT2D eigenvalue weighted by atomic mass is 127. The van der Waals surface area contributed by atoms with Crippen LogP contribution < -0.4 is 10.5 Å². The molecule has 0 atom stereocenters. The number of hydrogen-bond acceptors (Lipinski definition) is 5. The van der Waals surface area contributed by atoms with Crippen LogP contribution in [0.5, 0.6) is 5.75 Å². The number of aryl methyl sites for hydroxylation is 1. The molecule has 0 bridgehead atoms. The molecule has 3 aromatic heterocycles. The number of ether oxygens (including phenoxy) is 1. The van der Waals surface area contributed by atoms with Gasteiger partial charge in [0.2, 0.25) is 5.95 Å². The molecule has 0 saturated heterocycles. The Balaban J connectivity index is 2.13. The lowest BCUT2D eigenvalue weighted by molar-refractivity contribution is 0.405. The van der Waals surface area contributed by atoms with Crippen molar-refractivity contribution in [2.24, 2.45) is 0 Å². The first-order valence-electron chi connectivity index (χ1n) is 6.88. The van der Waals surface area contributed by atoms with Crippen molar-refractivity contribution in [1.29, 1.82) is 0 Å². The standard InChI is InChI=1S/C15H15ClIN5O/c1-7-9(4-19-8(2)12(7)23-3)5-22-6-10(17)11-13(16)20-15(18)21-14(11)22/h4,6H,5H2,1-3H3,(H2,18,20,21). The molecule has 0 saturated carbocycles. The van der Waals surface area contributed by atoms with E-state index in [2.05, 4.69) is 37.5 Å². The van der Waals surface area contributed by atoms with Crippen molar-refractivity contribution in [2.45, 2.75) is 20.4 Å². The van der Waals surface area contributed by atoms with E-state index in [0.29, 0.717) is 17.3 Å². The first-order valence-corrected chi connectivity index (χ1v) is 8.34. The summed E-state index contributed by atoms with van der Waals surface area (Å²) < 4.78 is 8.42. The molecule has 0 radical (unpaired) electrons. The van der Waals surface area contributed by atoms with Gasteiger partial charge in [0.05, 0.1) is 24.7 Å². The number of fused-ring (bicyclic) bond motifs is 1. The maximum Gasteiger partial charge on any atom is 0.223 e. The SMILES string of the molecule is COc1c(C)ncc(Cn2cc(I)c3c(Cl)nc(N)nc32)c1C. The lowest BCUT2D eigenvalue weighted by Crippen LogP contribution is -2.06. The molecule has 120 valence electrons. The van der Waals surface area contributed by atoms with E-state index in [1.165, 1.54) is 0 Å².